The summed E-state index contributed by atoms with van der Waals surface area (Å²) in [6.07, 6.45) is 7.01. The van der Waals surface area contributed by atoms with E-state index in [1.807, 2.05) is 32.0 Å². The van der Waals surface area contributed by atoms with Crippen LogP contribution in [0.1, 0.15) is 48.8 Å². The van der Waals surface area contributed by atoms with Gasteiger partial charge in [-0.3, -0.25) is 4.90 Å². The van der Waals surface area contributed by atoms with E-state index in [-0.39, 0.29) is 12.1 Å². The fraction of sp³-hybridized carbons (Fsp3) is 0.500. The van der Waals surface area contributed by atoms with Gasteiger partial charge in [0.15, 0.2) is 0 Å². The van der Waals surface area contributed by atoms with Crippen molar-refractivity contribution in [2.24, 2.45) is 5.92 Å². The predicted molar refractivity (Wildman–Crippen MR) is 129 cm³/mol. The molecule has 0 unspecified atom stereocenters. The molecule has 1 aliphatic carbocycles. The molecule has 2 atom stereocenters. The van der Waals surface area contributed by atoms with E-state index in [0.29, 0.717) is 6.04 Å². The first kappa shape index (κ1) is 22.2. The molecule has 31 heavy (non-hydrogen) atoms. The van der Waals surface area contributed by atoms with Gasteiger partial charge in [0, 0.05) is 22.8 Å². The molecule has 1 saturated heterocycles. The number of nitrogens with one attached hydrogen (secondary N) is 2. The Morgan fingerprint density at radius 2 is 1.77 bits per heavy atom. The first-order valence-electron chi connectivity index (χ1n) is 11.6. The van der Waals surface area contributed by atoms with E-state index in [4.69, 9.17) is 11.6 Å². The molecule has 2 aromatic rings. The molecule has 2 amide bonds. The summed E-state index contributed by atoms with van der Waals surface area (Å²) in [6.45, 7) is 6.33. The largest absolute Gasteiger partial charge is 0.334 e. The lowest BCUT2D eigenvalue weighted by Crippen LogP contribution is -2.52. The van der Waals surface area contributed by atoms with E-state index < -0.39 is 0 Å². The van der Waals surface area contributed by atoms with Gasteiger partial charge in [-0.1, -0.05) is 35.9 Å². The molecule has 1 saturated carbocycles. The van der Waals surface area contributed by atoms with Crippen molar-refractivity contribution in [1.82, 2.24) is 10.2 Å². The number of anilines is 1. The number of halogens is 1. The summed E-state index contributed by atoms with van der Waals surface area (Å²) >= 11 is 6.01. The molecule has 2 N–H and O–H groups in total. The van der Waals surface area contributed by atoms with Gasteiger partial charge in [-0.2, -0.15) is 0 Å². The van der Waals surface area contributed by atoms with Crippen LogP contribution in [0.3, 0.4) is 0 Å². The van der Waals surface area contributed by atoms with Crippen LogP contribution in [-0.2, 0) is 6.42 Å². The number of urea groups is 1. The highest BCUT2D eigenvalue weighted by atomic mass is 35.5. The second kappa shape index (κ2) is 10.1. The first-order chi connectivity index (χ1) is 15.0. The highest BCUT2D eigenvalue weighted by molar-refractivity contribution is 6.30. The molecule has 166 valence electrons. The molecule has 0 spiro atoms. The van der Waals surface area contributed by atoms with Gasteiger partial charge in [-0.05, 0) is 106 Å². The summed E-state index contributed by atoms with van der Waals surface area (Å²) in [5, 5.41) is 7.14. The summed E-state index contributed by atoms with van der Waals surface area (Å²) < 4.78 is 0. The molecular weight excluding hydrogens is 406 g/mol. The van der Waals surface area contributed by atoms with E-state index in [9.17, 15) is 4.79 Å². The Hall–Kier alpha value is -2.04. The molecule has 2 aromatic carbocycles. The van der Waals surface area contributed by atoms with Gasteiger partial charge in [0.2, 0.25) is 0 Å². The Labute approximate surface area is 191 Å². The Morgan fingerprint density at radius 3 is 2.52 bits per heavy atom. The fourth-order valence-corrected chi connectivity index (χ4v) is 5.31. The van der Waals surface area contributed by atoms with Crippen molar-refractivity contribution < 1.29 is 4.79 Å². The molecule has 1 aliphatic heterocycles. The third kappa shape index (κ3) is 5.81. The molecule has 4 nitrogen and oxygen atoms in total. The van der Waals surface area contributed by atoms with Crippen molar-refractivity contribution in [1.29, 1.82) is 0 Å². The van der Waals surface area contributed by atoms with Crippen LogP contribution >= 0.6 is 11.6 Å². The number of carbonyl (C=O) groups is 1. The van der Waals surface area contributed by atoms with Gasteiger partial charge < -0.3 is 10.6 Å². The average Bonchev–Trinajstić information content (AvgIpc) is 3.21. The minimum Gasteiger partial charge on any atom is -0.334 e. The maximum absolute atomic E-state index is 12.7. The Kier molecular flexibility index (Phi) is 7.19. The van der Waals surface area contributed by atoms with Crippen molar-refractivity contribution in [2.45, 2.75) is 64.5 Å². The average molecular weight is 440 g/mol. The smallest absolute Gasteiger partial charge is 0.319 e. The van der Waals surface area contributed by atoms with Crippen LogP contribution in [0.5, 0.6) is 0 Å². The SMILES string of the molecule is Cc1ccc(C)c(NC(=O)N[C@@H]2CCC[C@H]2N2CCC(Cc3ccc(Cl)cc3)CC2)c1. The number of nitrogens with zero attached hydrogens (tertiary/aromatic N) is 1. The summed E-state index contributed by atoms with van der Waals surface area (Å²) in [7, 11) is 0. The van der Waals surface area contributed by atoms with Crippen molar-refractivity contribution in [2.75, 3.05) is 18.4 Å². The zero-order chi connectivity index (χ0) is 21.8. The van der Waals surface area contributed by atoms with Crippen LogP contribution in [0, 0.1) is 19.8 Å². The van der Waals surface area contributed by atoms with E-state index >= 15 is 0 Å². The number of aryl methyl sites for hydroxylation is 2. The Morgan fingerprint density at radius 1 is 1.03 bits per heavy atom. The van der Waals surface area contributed by atoms with Crippen molar-refractivity contribution >= 4 is 23.3 Å². The van der Waals surface area contributed by atoms with Crippen molar-refractivity contribution in [3.8, 4) is 0 Å². The molecular formula is C26H34ClN3O. The number of hydrogen-bond donors (Lipinski definition) is 2. The van der Waals surface area contributed by atoms with Gasteiger partial charge in [0.25, 0.3) is 0 Å². The first-order valence-corrected chi connectivity index (χ1v) is 12.0. The topological polar surface area (TPSA) is 44.4 Å². The number of piperidine rings is 1. The van der Waals surface area contributed by atoms with Gasteiger partial charge in [0.1, 0.15) is 0 Å². The summed E-state index contributed by atoms with van der Waals surface area (Å²) in [4.78, 5) is 15.3. The molecule has 5 heteroatoms. The molecule has 0 bridgehead atoms. The summed E-state index contributed by atoms with van der Waals surface area (Å²) in [5.74, 6) is 0.734. The van der Waals surface area contributed by atoms with Gasteiger partial charge in [0.05, 0.1) is 0 Å². The normalized spacial score (nSPS) is 22.4. The minimum atomic E-state index is -0.0803. The van der Waals surface area contributed by atoms with E-state index in [0.717, 1.165) is 53.7 Å². The second-order valence-electron chi connectivity index (χ2n) is 9.33. The standard InChI is InChI=1S/C26H34ClN3O/c1-18-6-7-19(2)24(16-18)29-26(31)28-23-4-3-5-25(23)30-14-12-21(13-15-30)17-20-8-10-22(27)11-9-20/h6-11,16,21,23,25H,3-5,12-15,17H2,1-2H3,(H2,28,29,31)/t23-,25-/m1/s1. The van der Waals surface area contributed by atoms with Crippen LogP contribution in [0.4, 0.5) is 10.5 Å². The molecule has 4 rings (SSSR count). The lowest BCUT2D eigenvalue weighted by atomic mass is 9.89. The monoisotopic (exact) mass is 439 g/mol. The van der Waals surface area contributed by atoms with Crippen LogP contribution < -0.4 is 10.6 Å². The van der Waals surface area contributed by atoms with Crippen LogP contribution in [0.25, 0.3) is 0 Å². The van der Waals surface area contributed by atoms with Crippen molar-refractivity contribution in [3.05, 3.63) is 64.2 Å². The highest BCUT2D eigenvalue weighted by Gasteiger charge is 2.35. The van der Waals surface area contributed by atoms with Crippen molar-refractivity contribution in [3.63, 3.8) is 0 Å². The predicted octanol–water partition coefficient (Wildman–Crippen LogP) is 5.95. The molecule has 1 heterocycles. The maximum Gasteiger partial charge on any atom is 0.319 e. The van der Waals surface area contributed by atoms with Crippen LogP contribution in [0.15, 0.2) is 42.5 Å². The third-order valence-electron chi connectivity index (χ3n) is 6.99. The van der Waals surface area contributed by atoms with Gasteiger partial charge in [-0.25, -0.2) is 4.79 Å². The number of benzene rings is 2. The minimum absolute atomic E-state index is 0.0803. The second-order valence-corrected chi connectivity index (χ2v) is 9.77. The molecule has 2 fully saturated rings. The van der Waals surface area contributed by atoms with E-state index in [1.54, 1.807) is 0 Å². The van der Waals surface area contributed by atoms with Crippen LogP contribution in [0.2, 0.25) is 5.02 Å². The lowest BCUT2D eigenvalue weighted by Gasteiger charge is -2.38. The number of likely N-dealkylation sites (tertiary alicyclic amines) is 1. The molecule has 0 aromatic heterocycles. The summed E-state index contributed by atoms with van der Waals surface area (Å²) in [6, 6.07) is 15.1. The number of rotatable bonds is 5. The lowest BCUT2D eigenvalue weighted by molar-refractivity contribution is 0.119. The van der Waals surface area contributed by atoms with Gasteiger partial charge in [-0.15, -0.1) is 0 Å². The molecule has 0 radical (unpaired) electrons. The number of carbonyl (C=O) groups excluding carboxylic acids is 1. The van der Waals surface area contributed by atoms with Crippen LogP contribution in [-0.4, -0.2) is 36.1 Å². The van der Waals surface area contributed by atoms with E-state index in [2.05, 4.69) is 39.8 Å². The number of amides is 2. The maximum atomic E-state index is 12.7. The van der Waals surface area contributed by atoms with Gasteiger partial charge >= 0.3 is 6.03 Å². The molecule has 2 aliphatic rings. The fourth-order valence-electron chi connectivity index (χ4n) is 5.19. The number of hydrogen-bond acceptors (Lipinski definition) is 2. The zero-order valence-electron chi connectivity index (χ0n) is 18.7. The third-order valence-corrected chi connectivity index (χ3v) is 7.24. The summed E-state index contributed by atoms with van der Waals surface area (Å²) in [5.41, 5.74) is 4.52. The Balaban J connectivity index is 1.28. The highest BCUT2D eigenvalue weighted by Crippen LogP contribution is 2.30. The zero-order valence-corrected chi connectivity index (χ0v) is 19.4. The van der Waals surface area contributed by atoms with E-state index in [1.165, 1.54) is 31.2 Å². The Bertz CT molecular complexity index is 890. The quantitative estimate of drug-likeness (QED) is 0.604.